The largest absolute Gasteiger partial charge is 0.315 e. The SMILES string of the molecule is CN(Cc1ccc(C(C)(C)C)s1)C1CCNC1. The second-order valence-corrected chi connectivity index (χ2v) is 7.25. The first-order chi connectivity index (χ1) is 7.97. The van der Waals surface area contributed by atoms with Gasteiger partial charge < -0.3 is 5.32 Å². The first-order valence-electron chi connectivity index (χ1n) is 6.47. The minimum atomic E-state index is 0.288. The summed E-state index contributed by atoms with van der Waals surface area (Å²) in [6, 6.07) is 5.31. The molecular weight excluding hydrogens is 228 g/mol. The minimum Gasteiger partial charge on any atom is -0.315 e. The Morgan fingerprint density at radius 1 is 1.41 bits per heavy atom. The lowest BCUT2D eigenvalue weighted by Gasteiger charge is -2.22. The van der Waals surface area contributed by atoms with Crippen molar-refractivity contribution in [2.24, 2.45) is 0 Å². The summed E-state index contributed by atoms with van der Waals surface area (Å²) in [5.74, 6) is 0. The third-order valence-electron chi connectivity index (χ3n) is 3.46. The lowest BCUT2D eigenvalue weighted by Crippen LogP contribution is -2.32. The van der Waals surface area contributed by atoms with Gasteiger partial charge >= 0.3 is 0 Å². The number of hydrogen-bond donors (Lipinski definition) is 1. The zero-order valence-electron chi connectivity index (χ0n) is 11.4. The van der Waals surface area contributed by atoms with Gasteiger partial charge in [0.15, 0.2) is 0 Å². The van der Waals surface area contributed by atoms with E-state index in [-0.39, 0.29) is 5.41 Å². The van der Waals surface area contributed by atoms with Gasteiger partial charge in [-0.3, -0.25) is 4.90 Å². The molecule has 1 atom stereocenters. The Hall–Kier alpha value is -0.380. The van der Waals surface area contributed by atoms with Crippen LogP contribution in [0.15, 0.2) is 12.1 Å². The lowest BCUT2D eigenvalue weighted by atomic mass is 9.95. The molecule has 1 aromatic rings. The van der Waals surface area contributed by atoms with E-state index in [0.29, 0.717) is 0 Å². The molecule has 0 aliphatic carbocycles. The lowest BCUT2D eigenvalue weighted by molar-refractivity contribution is 0.251. The third kappa shape index (κ3) is 3.30. The second-order valence-electron chi connectivity index (χ2n) is 6.08. The van der Waals surface area contributed by atoms with Gasteiger partial charge in [0.25, 0.3) is 0 Å². The molecule has 1 fully saturated rings. The Bertz CT molecular complexity index is 359. The van der Waals surface area contributed by atoms with Crippen LogP contribution in [0.1, 0.15) is 36.9 Å². The van der Waals surface area contributed by atoms with Crippen molar-refractivity contribution in [2.45, 2.75) is 45.2 Å². The number of hydrogen-bond acceptors (Lipinski definition) is 3. The fourth-order valence-corrected chi connectivity index (χ4v) is 3.39. The zero-order chi connectivity index (χ0) is 12.5. The van der Waals surface area contributed by atoms with Crippen LogP contribution in [0.5, 0.6) is 0 Å². The topological polar surface area (TPSA) is 15.3 Å². The van der Waals surface area contributed by atoms with Gasteiger partial charge in [0, 0.05) is 28.9 Å². The number of thiophene rings is 1. The number of nitrogens with zero attached hydrogens (tertiary/aromatic N) is 1. The first kappa shape index (κ1) is 13.1. The Labute approximate surface area is 109 Å². The molecule has 96 valence electrons. The molecule has 1 aliphatic heterocycles. The van der Waals surface area contributed by atoms with Gasteiger partial charge in [0.2, 0.25) is 0 Å². The van der Waals surface area contributed by atoms with Crippen molar-refractivity contribution >= 4 is 11.3 Å². The van der Waals surface area contributed by atoms with Crippen LogP contribution in [-0.4, -0.2) is 31.1 Å². The molecular formula is C14H24N2S. The van der Waals surface area contributed by atoms with Gasteiger partial charge in [-0.25, -0.2) is 0 Å². The van der Waals surface area contributed by atoms with Crippen molar-refractivity contribution < 1.29 is 0 Å². The smallest absolute Gasteiger partial charge is 0.0328 e. The van der Waals surface area contributed by atoms with Crippen LogP contribution < -0.4 is 5.32 Å². The summed E-state index contributed by atoms with van der Waals surface area (Å²) in [6.07, 6.45) is 1.29. The summed E-state index contributed by atoms with van der Waals surface area (Å²) in [7, 11) is 2.24. The van der Waals surface area contributed by atoms with Crippen LogP contribution in [0, 0.1) is 0 Å². The fourth-order valence-electron chi connectivity index (χ4n) is 2.26. The Kier molecular flexibility index (Phi) is 3.91. The molecule has 0 aromatic carbocycles. The zero-order valence-corrected chi connectivity index (χ0v) is 12.2. The van der Waals surface area contributed by atoms with Crippen LogP contribution in [0.3, 0.4) is 0 Å². The normalized spacial score (nSPS) is 21.4. The van der Waals surface area contributed by atoms with E-state index >= 15 is 0 Å². The maximum Gasteiger partial charge on any atom is 0.0328 e. The maximum absolute atomic E-state index is 3.43. The second kappa shape index (κ2) is 5.09. The highest BCUT2D eigenvalue weighted by Crippen LogP contribution is 2.30. The summed E-state index contributed by atoms with van der Waals surface area (Å²) in [5, 5.41) is 3.43. The average molecular weight is 252 g/mol. The molecule has 0 saturated carbocycles. The molecule has 1 N–H and O–H groups in total. The van der Waals surface area contributed by atoms with E-state index in [0.717, 1.165) is 19.1 Å². The molecule has 2 rings (SSSR count). The molecule has 0 bridgehead atoms. The van der Waals surface area contributed by atoms with Crippen LogP contribution >= 0.6 is 11.3 Å². The number of nitrogens with one attached hydrogen (secondary N) is 1. The monoisotopic (exact) mass is 252 g/mol. The van der Waals surface area contributed by atoms with E-state index in [4.69, 9.17) is 0 Å². The van der Waals surface area contributed by atoms with E-state index < -0.39 is 0 Å². The summed E-state index contributed by atoms with van der Waals surface area (Å²) in [6.45, 7) is 10.3. The van der Waals surface area contributed by atoms with E-state index in [1.165, 1.54) is 22.7 Å². The van der Waals surface area contributed by atoms with Gasteiger partial charge in [0.1, 0.15) is 0 Å². The van der Waals surface area contributed by atoms with Crippen molar-refractivity contribution in [3.63, 3.8) is 0 Å². The van der Waals surface area contributed by atoms with Crippen molar-refractivity contribution in [3.05, 3.63) is 21.9 Å². The predicted octanol–water partition coefficient (Wildman–Crippen LogP) is 2.84. The summed E-state index contributed by atoms with van der Waals surface area (Å²) in [5.41, 5.74) is 0.288. The molecule has 0 amide bonds. The Morgan fingerprint density at radius 3 is 2.71 bits per heavy atom. The van der Waals surface area contributed by atoms with Gasteiger partial charge in [-0.2, -0.15) is 0 Å². The predicted molar refractivity (Wildman–Crippen MR) is 75.8 cm³/mol. The van der Waals surface area contributed by atoms with Gasteiger partial charge in [-0.05, 0) is 37.6 Å². The number of likely N-dealkylation sites (N-methyl/N-ethyl adjacent to an activating group) is 1. The first-order valence-corrected chi connectivity index (χ1v) is 7.28. The highest BCUT2D eigenvalue weighted by atomic mass is 32.1. The highest BCUT2D eigenvalue weighted by Gasteiger charge is 2.21. The summed E-state index contributed by atoms with van der Waals surface area (Å²) >= 11 is 1.96. The van der Waals surface area contributed by atoms with Gasteiger partial charge in [-0.15, -0.1) is 11.3 Å². The molecule has 2 heterocycles. The highest BCUT2D eigenvalue weighted by molar-refractivity contribution is 7.12. The third-order valence-corrected chi connectivity index (χ3v) is 4.96. The van der Waals surface area contributed by atoms with Crippen molar-refractivity contribution in [3.8, 4) is 0 Å². The van der Waals surface area contributed by atoms with Crippen LogP contribution in [0.2, 0.25) is 0 Å². The minimum absolute atomic E-state index is 0.288. The van der Waals surface area contributed by atoms with Crippen molar-refractivity contribution in [1.29, 1.82) is 0 Å². The number of rotatable bonds is 3. The molecule has 3 heteroatoms. The van der Waals surface area contributed by atoms with Crippen LogP contribution in [0.4, 0.5) is 0 Å². The molecule has 1 saturated heterocycles. The quantitative estimate of drug-likeness (QED) is 0.890. The standard InChI is InChI=1S/C14H24N2S/c1-14(2,3)13-6-5-12(17-13)10-16(4)11-7-8-15-9-11/h5-6,11,15H,7-10H2,1-4H3. The van der Waals surface area contributed by atoms with Gasteiger partial charge in [0.05, 0.1) is 0 Å². The van der Waals surface area contributed by atoms with Crippen LogP contribution in [0.25, 0.3) is 0 Å². The molecule has 17 heavy (non-hydrogen) atoms. The molecule has 1 aliphatic rings. The maximum atomic E-state index is 3.43. The molecule has 0 spiro atoms. The molecule has 0 radical (unpaired) electrons. The van der Waals surface area contributed by atoms with Crippen LogP contribution in [-0.2, 0) is 12.0 Å². The molecule has 1 unspecified atom stereocenters. The van der Waals surface area contributed by atoms with E-state index in [1.807, 2.05) is 11.3 Å². The summed E-state index contributed by atoms with van der Waals surface area (Å²) in [4.78, 5) is 5.47. The summed E-state index contributed by atoms with van der Waals surface area (Å²) < 4.78 is 0. The van der Waals surface area contributed by atoms with E-state index in [1.54, 1.807) is 0 Å². The molecule has 1 aromatic heterocycles. The fraction of sp³-hybridized carbons (Fsp3) is 0.714. The van der Waals surface area contributed by atoms with E-state index in [2.05, 4.69) is 50.2 Å². The van der Waals surface area contributed by atoms with Gasteiger partial charge in [-0.1, -0.05) is 20.8 Å². The van der Waals surface area contributed by atoms with Crippen molar-refractivity contribution in [2.75, 3.05) is 20.1 Å². The van der Waals surface area contributed by atoms with E-state index in [9.17, 15) is 0 Å². The molecule has 2 nitrogen and oxygen atoms in total. The Morgan fingerprint density at radius 2 is 2.18 bits per heavy atom. The van der Waals surface area contributed by atoms with Crippen molar-refractivity contribution in [1.82, 2.24) is 10.2 Å². The Balaban J connectivity index is 1.96. The average Bonchev–Trinajstić information content (AvgIpc) is 2.85.